The van der Waals surface area contributed by atoms with E-state index < -0.39 is 0 Å². The second kappa shape index (κ2) is 5.58. The lowest BCUT2D eigenvalue weighted by Crippen LogP contribution is -2.31. The summed E-state index contributed by atoms with van der Waals surface area (Å²) in [4.78, 5) is 5.53. The molecule has 0 saturated carbocycles. The van der Waals surface area contributed by atoms with Crippen molar-refractivity contribution in [2.75, 3.05) is 19.8 Å². The molecule has 0 aliphatic carbocycles. The van der Waals surface area contributed by atoms with Crippen LogP contribution >= 0.6 is 11.3 Å². The molecule has 1 atom stereocenters. The summed E-state index contributed by atoms with van der Waals surface area (Å²) in [6, 6.07) is 0.478. The van der Waals surface area contributed by atoms with E-state index in [9.17, 15) is 0 Å². The highest BCUT2D eigenvalue weighted by atomic mass is 32.1. The Labute approximate surface area is 94.9 Å². The van der Waals surface area contributed by atoms with Crippen molar-refractivity contribution in [1.29, 1.82) is 0 Å². The van der Waals surface area contributed by atoms with Crippen molar-refractivity contribution in [3.63, 3.8) is 0 Å². The molecule has 15 heavy (non-hydrogen) atoms. The maximum absolute atomic E-state index is 5.41. The molecule has 1 fully saturated rings. The Hall–Kier alpha value is -0.450. The molecule has 0 aromatic carbocycles. The standard InChI is InChI=1S/C11H18N2OS/c1-2-13-11(10-7-12-8-15-10)9-3-5-14-6-4-9/h7-9,11,13H,2-6H2,1H3. The zero-order chi connectivity index (χ0) is 10.5. The van der Waals surface area contributed by atoms with Crippen molar-refractivity contribution in [1.82, 2.24) is 10.3 Å². The quantitative estimate of drug-likeness (QED) is 0.855. The monoisotopic (exact) mass is 226 g/mol. The molecule has 0 spiro atoms. The van der Waals surface area contributed by atoms with Crippen LogP contribution in [0.1, 0.15) is 30.7 Å². The van der Waals surface area contributed by atoms with E-state index in [1.54, 1.807) is 11.3 Å². The first kappa shape index (κ1) is 11.0. The van der Waals surface area contributed by atoms with E-state index in [1.165, 1.54) is 4.88 Å². The predicted molar refractivity (Wildman–Crippen MR) is 62.1 cm³/mol. The molecule has 3 nitrogen and oxygen atoms in total. The largest absolute Gasteiger partial charge is 0.381 e. The van der Waals surface area contributed by atoms with E-state index >= 15 is 0 Å². The molecule has 1 aromatic heterocycles. The number of nitrogens with one attached hydrogen (secondary N) is 1. The summed E-state index contributed by atoms with van der Waals surface area (Å²) in [6.45, 7) is 4.99. The number of aromatic nitrogens is 1. The van der Waals surface area contributed by atoms with E-state index in [0.717, 1.165) is 32.6 Å². The first-order chi connectivity index (χ1) is 7.42. The second-order valence-corrected chi connectivity index (χ2v) is 4.81. The number of hydrogen-bond donors (Lipinski definition) is 1. The van der Waals surface area contributed by atoms with Crippen LogP contribution in [0.15, 0.2) is 11.7 Å². The molecule has 4 heteroatoms. The molecule has 2 heterocycles. The molecule has 2 rings (SSSR count). The highest BCUT2D eigenvalue weighted by Crippen LogP contribution is 2.31. The van der Waals surface area contributed by atoms with E-state index in [-0.39, 0.29) is 0 Å². The van der Waals surface area contributed by atoms with Crippen molar-refractivity contribution in [3.8, 4) is 0 Å². The van der Waals surface area contributed by atoms with Gasteiger partial charge < -0.3 is 10.1 Å². The van der Waals surface area contributed by atoms with Gasteiger partial charge in [-0.2, -0.15) is 0 Å². The lowest BCUT2D eigenvalue weighted by molar-refractivity contribution is 0.0542. The molecule has 84 valence electrons. The zero-order valence-corrected chi connectivity index (χ0v) is 9.93. The smallest absolute Gasteiger partial charge is 0.0794 e. The molecule has 1 aliphatic rings. The summed E-state index contributed by atoms with van der Waals surface area (Å²) in [5.74, 6) is 0.708. The molecular formula is C11H18N2OS. The molecular weight excluding hydrogens is 208 g/mol. The number of hydrogen-bond acceptors (Lipinski definition) is 4. The molecule has 0 amide bonds. The van der Waals surface area contributed by atoms with Gasteiger partial charge in [0.2, 0.25) is 0 Å². The maximum atomic E-state index is 5.41. The number of nitrogens with zero attached hydrogens (tertiary/aromatic N) is 1. The highest BCUT2D eigenvalue weighted by Gasteiger charge is 2.25. The van der Waals surface area contributed by atoms with Gasteiger partial charge in [0.1, 0.15) is 0 Å². The minimum absolute atomic E-state index is 0.478. The van der Waals surface area contributed by atoms with Gasteiger partial charge in [-0.1, -0.05) is 6.92 Å². The lowest BCUT2D eigenvalue weighted by Gasteiger charge is -2.29. The summed E-state index contributed by atoms with van der Waals surface area (Å²) in [5, 5.41) is 3.57. The molecule has 1 aromatic rings. The van der Waals surface area contributed by atoms with Crippen LogP contribution in [0, 0.1) is 5.92 Å². The van der Waals surface area contributed by atoms with Gasteiger partial charge in [0, 0.05) is 30.3 Å². The summed E-state index contributed by atoms with van der Waals surface area (Å²) in [7, 11) is 0. The Morgan fingerprint density at radius 2 is 2.40 bits per heavy atom. The van der Waals surface area contributed by atoms with Crippen molar-refractivity contribution in [3.05, 3.63) is 16.6 Å². The normalized spacial score (nSPS) is 20.3. The molecule has 1 aliphatic heterocycles. The highest BCUT2D eigenvalue weighted by molar-refractivity contribution is 7.09. The van der Waals surface area contributed by atoms with E-state index in [2.05, 4.69) is 17.2 Å². The Morgan fingerprint density at radius 1 is 1.60 bits per heavy atom. The van der Waals surface area contributed by atoms with Gasteiger partial charge in [0.25, 0.3) is 0 Å². The van der Waals surface area contributed by atoms with Gasteiger partial charge in [0.15, 0.2) is 0 Å². The average Bonchev–Trinajstić information content (AvgIpc) is 2.80. The van der Waals surface area contributed by atoms with Crippen molar-refractivity contribution in [2.24, 2.45) is 5.92 Å². The van der Waals surface area contributed by atoms with Crippen LogP contribution in [0.25, 0.3) is 0 Å². The molecule has 1 unspecified atom stereocenters. The minimum atomic E-state index is 0.478. The Morgan fingerprint density at radius 3 is 3.00 bits per heavy atom. The Balaban J connectivity index is 2.04. The maximum Gasteiger partial charge on any atom is 0.0794 e. The van der Waals surface area contributed by atoms with Crippen molar-refractivity contribution >= 4 is 11.3 Å². The van der Waals surface area contributed by atoms with Crippen LogP contribution < -0.4 is 5.32 Å². The van der Waals surface area contributed by atoms with Crippen LogP contribution in [0.5, 0.6) is 0 Å². The van der Waals surface area contributed by atoms with Crippen LogP contribution in [0.3, 0.4) is 0 Å². The molecule has 1 saturated heterocycles. The molecule has 0 radical (unpaired) electrons. The fourth-order valence-corrected chi connectivity index (χ4v) is 2.94. The topological polar surface area (TPSA) is 34.2 Å². The van der Waals surface area contributed by atoms with E-state index in [1.807, 2.05) is 11.7 Å². The van der Waals surface area contributed by atoms with E-state index in [0.29, 0.717) is 12.0 Å². The fourth-order valence-electron chi connectivity index (χ4n) is 2.15. The fraction of sp³-hybridized carbons (Fsp3) is 0.727. The third-order valence-electron chi connectivity index (χ3n) is 2.92. The Kier molecular flexibility index (Phi) is 4.11. The third-order valence-corrected chi connectivity index (χ3v) is 3.78. The van der Waals surface area contributed by atoms with Crippen LogP contribution in [0.2, 0.25) is 0 Å². The minimum Gasteiger partial charge on any atom is -0.381 e. The van der Waals surface area contributed by atoms with Gasteiger partial charge in [-0.25, -0.2) is 0 Å². The summed E-state index contributed by atoms with van der Waals surface area (Å²) >= 11 is 1.75. The average molecular weight is 226 g/mol. The summed E-state index contributed by atoms with van der Waals surface area (Å²) in [6.07, 6.45) is 4.32. The predicted octanol–water partition coefficient (Wildman–Crippen LogP) is 2.22. The first-order valence-electron chi connectivity index (χ1n) is 5.61. The van der Waals surface area contributed by atoms with Crippen molar-refractivity contribution < 1.29 is 4.74 Å². The number of rotatable bonds is 4. The van der Waals surface area contributed by atoms with Gasteiger partial charge >= 0.3 is 0 Å². The van der Waals surface area contributed by atoms with Gasteiger partial charge in [-0.15, -0.1) is 11.3 Å². The van der Waals surface area contributed by atoms with Crippen molar-refractivity contribution in [2.45, 2.75) is 25.8 Å². The molecule has 0 bridgehead atoms. The number of thiazole rings is 1. The van der Waals surface area contributed by atoms with Gasteiger partial charge in [-0.3, -0.25) is 4.98 Å². The van der Waals surface area contributed by atoms with Gasteiger partial charge in [-0.05, 0) is 25.3 Å². The van der Waals surface area contributed by atoms with Crippen LogP contribution in [0.4, 0.5) is 0 Å². The second-order valence-electron chi connectivity index (χ2n) is 3.89. The SMILES string of the molecule is CCNC(c1cncs1)C1CCOCC1. The summed E-state index contributed by atoms with van der Waals surface area (Å²) < 4.78 is 5.41. The summed E-state index contributed by atoms with van der Waals surface area (Å²) in [5.41, 5.74) is 1.92. The number of ether oxygens (including phenoxy) is 1. The zero-order valence-electron chi connectivity index (χ0n) is 9.11. The first-order valence-corrected chi connectivity index (χ1v) is 6.49. The molecule has 1 N–H and O–H groups in total. The van der Waals surface area contributed by atoms with Crippen LogP contribution in [-0.4, -0.2) is 24.7 Å². The van der Waals surface area contributed by atoms with Crippen LogP contribution in [-0.2, 0) is 4.74 Å². The lowest BCUT2D eigenvalue weighted by atomic mass is 9.91. The van der Waals surface area contributed by atoms with Gasteiger partial charge in [0.05, 0.1) is 5.51 Å². The third kappa shape index (κ3) is 2.77. The van der Waals surface area contributed by atoms with E-state index in [4.69, 9.17) is 4.74 Å². The Bertz CT molecular complexity index is 270.